The second-order valence-electron chi connectivity index (χ2n) is 2.65. The van der Waals surface area contributed by atoms with Crippen molar-refractivity contribution in [2.24, 2.45) is 0 Å². The fourth-order valence-corrected chi connectivity index (χ4v) is 1.73. The third kappa shape index (κ3) is 2.65. The normalized spacial score (nSPS) is 9.47. The quantitative estimate of drug-likeness (QED) is 0.622. The van der Waals surface area contributed by atoms with Gasteiger partial charge in [-0.15, -0.1) is 0 Å². The number of halogens is 2. The summed E-state index contributed by atoms with van der Waals surface area (Å²) in [6.07, 6.45) is 0. The number of hydrogen-bond donors (Lipinski definition) is 0. The fraction of sp³-hybridized carbons (Fsp3) is 0.200. The van der Waals surface area contributed by atoms with Gasteiger partial charge in [-0.1, -0.05) is 0 Å². The minimum absolute atomic E-state index is 0.0522. The van der Waals surface area contributed by atoms with Crippen LogP contribution in [0.1, 0.15) is 22.8 Å². The van der Waals surface area contributed by atoms with E-state index in [1.165, 1.54) is 6.07 Å². The molecule has 1 aromatic carbocycles. The van der Waals surface area contributed by atoms with E-state index in [0.29, 0.717) is 3.57 Å². The Labute approximate surface area is 100.0 Å². The number of benzene rings is 1. The lowest BCUT2D eigenvalue weighted by atomic mass is 10.1. The van der Waals surface area contributed by atoms with Gasteiger partial charge in [0, 0.05) is 3.57 Å². The van der Waals surface area contributed by atoms with Gasteiger partial charge in [0.2, 0.25) is 0 Å². The largest absolute Gasteiger partial charge is 0.462 e. The Kier molecular flexibility index (Phi) is 4.03. The summed E-state index contributed by atoms with van der Waals surface area (Å²) < 4.78 is 18.4. The monoisotopic (exact) mass is 319 g/mol. The highest BCUT2D eigenvalue weighted by molar-refractivity contribution is 14.1. The highest BCUT2D eigenvalue weighted by atomic mass is 127. The number of carbonyl (C=O) groups is 1. The molecule has 0 heterocycles. The van der Waals surface area contributed by atoms with Gasteiger partial charge in [0.25, 0.3) is 0 Å². The molecule has 0 bridgehead atoms. The summed E-state index contributed by atoms with van der Waals surface area (Å²) >= 11 is 1.80. The van der Waals surface area contributed by atoms with Gasteiger partial charge in [0.05, 0.1) is 12.2 Å². The lowest BCUT2D eigenvalue weighted by Crippen LogP contribution is -2.06. The standard InChI is InChI=1S/C10H7FINO2/c1-2-15-10(14)6-3-8(11)7(5-13)9(12)4-6/h3-4H,2H2,1H3. The SMILES string of the molecule is CCOC(=O)c1cc(F)c(C#N)c(I)c1. The maximum absolute atomic E-state index is 13.3. The van der Waals surface area contributed by atoms with E-state index in [1.54, 1.807) is 35.6 Å². The Hall–Kier alpha value is -1.16. The fourth-order valence-electron chi connectivity index (χ4n) is 1.01. The molecule has 0 aliphatic carbocycles. The molecule has 0 saturated carbocycles. The molecule has 0 radical (unpaired) electrons. The number of rotatable bonds is 2. The maximum atomic E-state index is 13.3. The summed E-state index contributed by atoms with van der Waals surface area (Å²) in [5, 5.41) is 8.62. The third-order valence-corrected chi connectivity index (χ3v) is 2.52. The van der Waals surface area contributed by atoms with Gasteiger partial charge in [-0.3, -0.25) is 0 Å². The van der Waals surface area contributed by atoms with Crippen LogP contribution in [-0.2, 0) is 4.74 Å². The number of carbonyl (C=O) groups excluding carboxylic acids is 1. The van der Waals surface area contributed by atoms with Crippen molar-refractivity contribution in [3.63, 3.8) is 0 Å². The van der Waals surface area contributed by atoms with Gasteiger partial charge in [0.1, 0.15) is 17.4 Å². The first kappa shape index (κ1) is 11.9. The number of esters is 1. The molecule has 0 saturated heterocycles. The number of ether oxygens (including phenoxy) is 1. The first-order valence-electron chi connectivity index (χ1n) is 4.16. The van der Waals surface area contributed by atoms with Crippen molar-refractivity contribution in [3.8, 4) is 6.07 Å². The molecule has 5 heteroatoms. The molecule has 0 amide bonds. The van der Waals surface area contributed by atoms with Crippen LogP contribution < -0.4 is 0 Å². The molecule has 1 aromatic rings. The second-order valence-corrected chi connectivity index (χ2v) is 3.81. The van der Waals surface area contributed by atoms with Crippen LogP contribution in [0, 0.1) is 20.7 Å². The van der Waals surface area contributed by atoms with Gasteiger partial charge in [-0.25, -0.2) is 9.18 Å². The number of nitrogens with zero attached hydrogens (tertiary/aromatic N) is 1. The van der Waals surface area contributed by atoms with Crippen LogP contribution >= 0.6 is 22.6 Å². The van der Waals surface area contributed by atoms with E-state index in [-0.39, 0.29) is 17.7 Å². The molecule has 0 aliphatic rings. The molecule has 0 fully saturated rings. The van der Waals surface area contributed by atoms with Crippen molar-refractivity contribution >= 4 is 28.6 Å². The predicted octanol–water partition coefficient (Wildman–Crippen LogP) is 2.48. The highest BCUT2D eigenvalue weighted by Crippen LogP contribution is 2.18. The zero-order valence-corrected chi connectivity index (χ0v) is 10.0. The summed E-state index contributed by atoms with van der Waals surface area (Å²) in [4.78, 5) is 11.3. The van der Waals surface area contributed by atoms with Crippen molar-refractivity contribution in [3.05, 3.63) is 32.6 Å². The van der Waals surface area contributed by atoms with E-state index in [0.717, 1.165) is 6.07 Å². The molecule has 0 atom stereocenters. The van der Waals surface area contributed by atoms with Crippen LogP contribution in [-0.4, -0.2) is 12.6 Å². The molecular weight excluding hydrogens is 312 g/mol. The molecule has 78 valence electrons. The smallest absolute Gasteiger partial charge is 0.338 e. The van der Waals surface area contributed by atoms with Crippen LogP contribution in [0.15, 0.2) is 12.1 Å². The van der Waals surface area contributed by atoms with E-state index in [4.69, 9.17) is 10.00 Å². The first-order valence-corrected chi connectivity index (χ1v) is 5.24. The average Bonchev–Trinajstić information content (AvgIpc) is 2.17. The zero-order valence-electron chi connectivity index (χ0n) is 7.88. The Morgan fingerprint density at radius 1 is 1.67 bits per heavy atom. The van der Waals surface area contributed by atoms with Gasteiger partial charge in [-0.2, -0.15) is 5.26 Å². The summed E-state index contributed by atoms with van der Waals surface area (Å²) in [5.74, 6) is -1.29. The maximum Gasteiger partial charge on any atom is 0.338 e. The van der Waals surface area contributed by atoms with Gasteiger partial charge in [0.15, 0.2) is 0 Å². The molecule has 3 nitrogen and oxygen atoms in total. The summed E-state index contributed by atoms with van der Waals surface area (Å²) in [6.45, 7) is 1.90. The Morgan fingerprint density at radius 3 is 2.80 bits per heavy atom. The Balaban J connectivity index is 3.15. The van der Waals surface area contributed by atoms with E-state index < -0.39 is 11.8 Å². The summed E-state index contributed by atoms with van der Waals surface area (Å²) in [5.41, 5.74) is 0.0707. The van der Waals surface area contributed by atoms with E-state index >= 15 is 0 Å². The van der Waals surface area contributed by atoms with E-state index in [2.05, 4.69) is 0 Å². The van der Waals surface area contributed by atoms with E-state index in [1.807, 2.05) is 0 Å². The Morgan fingerprint density at radius 2 is 2.33 bits per heavy atom. The summed E-state index contributed by atoms with van der Waals surface area (Å²) in [6, 6.07) is 4.17. The highest BCUT2D eigenvalue weighted by Gasteiger charge is 2.13. The average molecular weight is 319 g/mol. The molecular formula is C10H7FINO2. The van der Waals surface area contributed by atoms with Gasteiger partial charge < -0.3 is 4.74 Å². The van der Waals surface area contributed by atoms with Crippen molar-refractivity contribution in [2.45, 2.75) is 6.92 Å². The predicted molar refractivity (Wildman–Crippen MR) is 59.8 cm³/mol. The number of nitriles is 1. The molecule has 1 rings (SSSR count). The Bertz CT molecular complexity index is 417. The van der Waals surface area contributed by atoms with Crippen LogP contribution in [0.25, 0.3) is 0 Å². The minimum atomic E-state index is -0.701. The van der Waals surface area contributed by atoms with Crippen molar-refractivity contribution in [2.75, 3.05) is 6.61 Å². The molecule has 0 N–H and O–H groups in total. The third-order valence-electron chi connectivity index (χ3n) is 1.67. The second kappa shape index (κ2) is 5.07. The zero-order chi connectivity index (χ0) is 11.4. The van der Waals surface area contributed by atoms with Gasteiger partial charge in [-0.05, 0) is 41.6 Å². The lowest BCUT2D eigenvalue weighted by Gasteiger charge is -2.03. The molecule has 0 aliphatic heterocycles. The minimum Gasteiger partial charge on any atom is -0.462 e. The van der Waals surface area contributed by atoms with Crippen molar-refractivity contribution in [1.29, 1.82) is 5.26 Å². The molecule has 0 aromatic heterocycles. The van der Waals surface area contributed by atoms with Crippen LogP contribution in [0.2, 0.25) is 0 Å². The molecule has 0 unspecified atom stereocenters. The van der Waals surface area contributed by atoms with Crippen LogP contribution in [0.3, 0.4) is 0 Å². The number of hydrogen-bond acceptors (Lipinski definition) is 3. The topological polar surface area (TPSA) is 50.1 Å². The first-order chi connectivity index (χ1) is 7.10. The van der Waals surface area contributed by atoms with Crippen molar-refractivity contribution < 1.29 is 13.9 Å². The molecule has 0 spiro atoms. The van der Waals surface area contributed by atoms with Crippen LogP contribution in [0.5, 0.6) is 0 Å². The van der Waals surface area contributed by atoms with E-state index in [9.17, 15) is 9.18 Å². The van der Waals surface area contributed by atoms with Crippen LogP contribution in [0.4, 0.5) is 4.39 Å². The molecule has 15 heavy (non-hydrogen) atoms. The van der Waals surface area contributed by atoms with Crippen molar-refractivity contribution in [1.82, 2.24) is 0 Å². The summed E-state index contributed by atoms with van der Waals surface area (Å²) in [7, 11) is 0. The lowest BCUT2D eigenvalue weighted by molar-refractivity contribution is 0.0525. The van der Waals surface area contributed by atoms with Gasteiger partial charge >= 0.3 is 5.97 Å².